The molecule has 0 saturated heterocycles. The molecule has 0 saturated carbocycles. The highest BCUT2D eigenvalue weighted by Gasteiger charge is 2.14. The molecule has 124 valence electrons. The van der Waals surface area contributed by atoms with Crippen LogP contribution in [-0.4, -0.2) is 0 Å². The molecule has 0 fully saturated rings. The normalized spacial score (nSPS) is 12.3. The van der Waals surface area contributed by atoms with Gasteiger partial charge in [-0.25, -0.2) is 4.79 Å². The third-order valence-corrected chi connectivity index (χ3v) is 4.29. The average Bonchev–Trinajstić information content (AvgIpc) is 2.59. The maximum atomic E-state index is 11.9. The molecule has 0 N–H and O–H groups in total. The van der Waals surface area contributed by atoms with E-state index >= 15 is 0 Å². The van der Waals surface area contributed by atoms with Crippen molar-refractivity contribution >= 4 is 11.0 Å². The first-order chi connectivity index (χ1) is 11.6. The van der Waals surface area contributed by atoms with Gasteiger partial charge in [-0.15, -0.1) is 0 Å². The molecule has 1 atom stereocenters. The first-order valence-corrected chi connectivity index (χ1v) is 8.38. The molecule has 3 nitrogen and oxygen atoms in total. The Morgan fingerprint density at radius 3 is 2.58 bits per heavy atom. The van der Waals surface area contributed by atoms with Gasteiger partial charge in [-0.2, -0.15) is 0 Å². The molecular formula is C21H22O3. The highest BCUT2D eigenvalue weighted by Crippen LogP contribution is 2.31. The Labute approximate surface area is 141 Å². The van der Waals surface area contributed by atoms with Gasteiger partial charge in [0.25, 0.3) is 0 Å². The van der Waals surface area contributed by atoms with Crippen LogP contribution in [0.15, 0.2) is 57.7 Å². The Hall–Kier alpha value is -2.55. The lowest BCUT2D eigenvalue weighted by Gasteiger charge is -2.17. The van der Waals surface area contributed by atoms with Crippen molar-refractivity contribution in [1.82, 2.24) is 0 Å². The molecule has 0 aliphatic rings. The van der Waals surface area contributed by atoms with E-state index in [1.54, 1.807) is 6.07 Å². The van der Waals surface area contributed by atoms with Crippen molar-refractivity contribution in [3.05, 3.63) is 75.6 Å². The molecular weight excluding hydrogens is 300 g/mol. The summed E-state index contributed by atoms with van der Waals surface area (Å²) >= 11 is 0. The summed E-state index contributed by atoms with van der Waals surface area (Å²) in [4.78, 5) is 11.9. The average molecular weight is 322 g/mol. The molecule has 1 unspecified atom stereocenters. The van der Waals surface area contributed by atoms with E-state index in [0.29, 0.717) is 5.58 Å². The molecule has 0 aliphatic carbocycles. The van der Waals surface area contributed by atoms with E-state index in [-0.39, 0.29) is 11.7 Å². The first kappa shape index (κ1) is 16.3. The number of rotatable bonds is 5. The van der Waals surface area contributed by atoms with Gasteiger partial charge >= 0.3 is 5.63 Å². The number of ether oxygens (including phenoxy) is 1. The first-order valence-electron chi connectivity index (χ1n) is 8.38. The molecule has 0 amide bonds. The number of benzene rings is 2. The topological polar surface area (TPSA) is 39.4 Å². The minimum atomic E-state index is -0.303. The molecule has 3 aromatic rings. The molecule has 3 heteroatoms. The fourth-order valence-electron chi connectivity index (χ4n) is 2.99. The summed E-state index contributed by atoms with van der Waals surface area (Å²) in [6, 6.07) is 15.6. The molecule has 24 heavy (non-hydrogen) atoms. The van der Waals surface area contributed by atoms with Crippen molar-refractivity contribution in [1.29, 1.82) is 0 Å². The van der Waals surface area contributed by atoms with Crippen LogP contribution in [0.3, 0.4) is 0 Å². The van der Waals surface area contributed by atoms with Crippen LogP contribution in [0.25, 0.3) is 11.0 Å². The minimum Gasteiger partial charge on any atom is -0.486 e. The molecule has 0 bridgehead atoms. The van der Waals surface area contributed by atoms with Crippen molar-refractivity contribution < 1.29 is 9.15 Å². The largest absolute Gasteiger partial charge is 0.486 e. The monoisotopic (exact) mass is 322 g/mol. The zero-order valence-corrected chi connectivity index (χ0v) is 14.3. The molecule has 3 rings (SSSR count). The van der Waals surface area contributed by atoms with Gasteiger partial charge in [0, 0.05) is 17.0 Å². The van der Waals surface area contributed by atoms with E-state index in [9.17, 15) is 4.79 Å². The van der Waals surface area contributed by atoms with Gasteiger partial charge in [0.2, 0.25) is 0 Å². The van der Waals surface area contributed by atoms with E-state index in [1.165, 1.54) is 0 Å². The molecule has 1 aromatic heterocycles. The summed E-state index contributed by atoms with van der Waals surface area (Å²) in [5.41, 5.74) is 3.34. The summed E-state index contributed by atoms with van der Waals surface area (Å²) in [6.45, 7) is 6.06. The summed E-state index contributed by atoms with van der Waals surface area (Å²) in [7, 11) is 0. The lowest BCUT2D eigenvalue weighted by molar-refractivity contribution is 0.225. The maximum Gasteiger partial charge on any atom is 0.336 e. The number of hydrogen-bond donors (Lipinski definition) is 0. The summed E-state index contributed by atoms with van der Waals surface area (Å²) < 4.78 is 11.6. The lowest BCUT2D eigenvalue weighted by atomic mass is 10.0. The quantitative estimate of drug-likeness (QED) is 0.607. The minimum absolute atomic E-state index is 0.0760. The Kier molecular flexibility index (Phi) is 4.70. The fraction of sp³-hybridized carbons (Fsp3) is 0.286. The molecule has 0 radical (unpaired) electrons. The van der Waals surface area contributed by atoms with Crippen molar-refractivity contribution in [2.75, 3.05) is 0 Å². The SMILES string of the molecule is CCCc1cc(=O)oc2c(C)c(OC(C)c3ccccc3)ccc12. The number of aryl methyl sites for hydroxylation is 2. The summed E-state index contributed by atoms with van der Waals surface area (Å²) in [5.74, 6) is 0.746. The van der Waals surface area contributed by atoms with Gasteiger partial charge in [-0.1, -0.05) is 43.7 Å². The van der Waals surface area contributed by atoms with E-state index in [4.69, 9.17) is 9.15 Å². The Morgan fingerprint density at radius 1 is 1.12 bits per heavy atom. The van der Waals surface area contributed by atoms with E-state index in [0.717, 1.165) is 40.7 Å². The van der Waals surface area contributed by atoms with Crippen molar-refractivity contribution in [2.45, 2.75) is 39.7 Å². The predicted molar refractivity (Wildman–Crippen MR) is 96.7 cm³/mol. The second-order valence-electron chi connectivity index (χ2n) is 6.08. The smallest absolute Gasteiger partial charge is 0.336 e. The Bertz CT molecular complexity index is 894. The van der Waals surface area contributed by atoms with Crippen LogP contribution < -0.4 is 10.4 Å². The Morgan fingerprint density at radius 2 is 1.88 bits per heavy atom. The highest BCUT2D eigenvalue weighted by molar-refractivity contribution is 5.85. The summed E-state index contributed by atoms with van der Waals surface area (Å²) in [5, 5.41) is 0.994. The van der Waals surface area contributed by atoms with Crippen molar-refractivity contribution in [3.8, 4) is 5.75 Å². The third-order valence-electron chi connectivity index (χ3n) is 4.29. The predicted octanol–water partition coefficient (Wildman–Crippen LogP) is 5.19. The van der Waals surface area contributed by atoms with Crippen LogP contribution in [-0.2, 0) is 6.42 Å². The molecule has 2 aromatic carbocycles. The third kappa shape index (κ3) is 3.21. The van der Waals surface area contributed by atoms with Crippen molar-refractivity contribution in [2.24, 2.45) is 0 Å². The van der Waals surface area contributed by atoms with Gasteiger partial charge in [0.15, 0.2) is 0 Å². The van der Waals surface area contributed by atoms with E-state index in [2.05, 4.69) is 6.92 Å². The highest BCUT2D eigenvalue weighted by atomic mass is 16.5. The maximum absolute atomic E-state index is 11.9. The Balaban J connectivity index is 2.01. The van der Waals surface area contributed by atoms with Crippen LogP contribution in [0, 0.1) is 6.92 Å². The number of hydrogen-bond acceptors (Lipinski definition) is 3. The zero-order chi connectivity index (χ0) is 17.1. The fourth-order valence-corrected chi connectivity index (χ4v) is 2.99. The number of fused-ring (bicyclic) bond motifs is 1. The van der Waals surface area contributed by atoms with Crippen LogP contribution in [0.5, 0.6) is 5.75 Å². The van der Waals surface area contributed by atoms with Gasteiger partial charge in [0.05, 0.1) is 0 Å². The van der Waals surface area contributed by atoms with Crippen LogP contribution in [0.4, 0.5) is 0 Å². The van der Waals surface area contributed by atoms with E-state index < -0.39 is 0 Å². The molecule has 1 heterocycles. The van der Waals surface area contributed by atoms with Crippen LogP contribution in [0.2, 0.25) is 0 Å². The van der Waals surface area contributed by atoms with Gasteiger partial charge in [-0.05, 0) is 43.5 Å². The molecule has 0 aliphatic heterocycles. The second kappa shape index (κ2) is 6.91. The van der Waals surface area contributed by atoms with Crippen molar-refractivity contribution in [3.63, 3.8) is 0 Å². The lowest BCUT2D eigenvalue weighted by Crippen LogP contribution is -2.06. The van der Waals surface area contributed by atoms with Gasteiger partial charge < -0.3 is 9.15 Å². The van der Waals surface area contributed by atoms with Crippen LogP contribution in [0.1, 0.15) is 43.1 Å². The van der Waals surface area contributed by atoms with Gasteiger partial charge in [-0.3, -0.25) is 0 Å². The zero-order valence-electron chi connectivity index (χ0n) is 14.3. The van der Waals surface area contributed by atoms with E-state index in [1.807, 2.05) is 56.3 Å². The van der Waals surface area contributed by atoms with Gasteiger partial charge in [0.1, 0.15) is 17.4 Å². The standard InChI is InChI=1S/C21H22O3/c1-4-8-17-13-20(22)24-21-14(2)19(12-11-18(17)21)23-15(3)16-9-6-5-7-10-16/h5-7,9-13,15H,4,8H2,1-3H3. The molecule has 0 spiro atoms. The second-order valence-corrected chi connectivity index (χ2v) is 6.08. The van der Waals surface area contributed by atoms with Crippen LogP contribution >= 0.6 is 0 Å². The summed E-state index contributed by atoms with van der Waals surface area (Å²) in [6.07, 6.45) is 1.77.